The van der Waals surface area contributed by atoms with Crippen molar-refractivity contribution in [1.29, 1.82) is 0 Å². The molecule has 0 amide bonds. The number of nitrogens with zero attached hydrogens (tertiary/aromatic N) is 1. The fourth-order valence-electron chi connectivity index (χ4n) is 1.71. The van der Waals surface area contributed by atoms with Crippen LogP contribution in [0.1, 0.15) is 44.7 Å². The molecule has 1 rings (SSSR count). The quantitative estimate of drug-likeness (QED) is 0.824. The van der Waals surface area contributed by atoms with E-state index in [1.54, 1.807) is 20.9 Å². The van der Waals surface area contributed by atoms with Crippen LogP contribution in [0.2, 0.25) is 0 Å². The Morgan fingerprint density at radius 2 is 1.56 bits per heavy atom. The van der Waals surface area contributed by atoms with E-state index in [0.717, 1.165) is 5.56 Å². The molecule has 4 heteroatoms. The average molecular weight is 269 g/mol. The van der Waals surface area contributed by atoms with Crippen molar-refractivity contribution in [3.05, 3.63) is 35.4 Å². The molecule has 0 radical (unpaired) electrons. The van der Waals surface area contributed by atoms with Crippen molar-refractivity contribution in [1.82, 2.24) is 4.31 Å². The van der Waals surface area contributed by atoms with E-state index < -0.39 is 10.0 Å². The largest absolute Gasteiger partial charge is 0.216 e. The SMILES string of the molecule is CC(C)c1ccc(CN(C)S(=O)(=O)C(C)C)cc1. The molecule has 0 heterocycles. The van der Waals surface area contributed by atoms with Crippen LogP contribution in [0.5, 0.6) is 0 Å². The fraction of sp³-hybridized carbons (Fsp3) is 0.571. The van der Waals surface area contributed by atoms with Crippen LogP contribution in [0.4, 0.5) is 0 Å². The van der Waals surface area contributed by atoms with Crippen LogP contribution in [-0.4, -0.2) is 25.0 Å². The predicted octanol–water partition coefficient (Wildman–Crippen LogP) is 2.98. The third kappa shape index (κ3) is 3.56. The van der Waals surface area contributed by atoms with E-state index in [-0.39, 0.29) is 5.25 Å². The minimum atomic E-state index is -3.17. The second kappa shape index (κ2) is 5.85. The van der Waals surface area contributed by atoms with Crippen molar-refractivity contribution in [2.24, 2.45) is 0 Å². The van der Waals surface area contributed by atoms with Gasteiger partial charge in [0.15, 0.2) is 0 Å². The minimum absolute atomic E-state index is 0.377. The molecule has 0 aromatic heterocycles. The van der Waals surface area contributed by atoms with E-state index in [1.165, 1.54) is 9.87 Å². The van der Waals surface area contributed by atoms with Crippen molar-refractivity contribution in [3.63, 3.8) is 0 Å². The van der Waals surface area contributed by atoms with Gasteiger partial charge in [-0.2, -0.15) is 0 Å². The van der Waals surface area contributed by atoms with E-state index in [1.807, 2.05) is 12.1 Å². The Bertz CT molecular complexity index is 475. The fourth-order valence-corrected chi connectivity index (χ4v) is 2.76. The third-order valence-electron chi connectivity index (χ3n) is 3.08. The monoisotopic (exact) mass is 269 g/mol. The number of sulfonamides is 1. The molecule has 0 fully saturated rings. The summed E-state index contributed by atoms with van der Waals surface area (Å²) in [5.41, 5.74) is 2.29. The van der Waals surface area contributed by atoms with Gasteiger partial charge in [-0.3, -0.25) is 0 Å². The molecule has 0 N–H and O–H groups in total. The number of hydrogen-bond donors (Lipinski definition) is 0. The molecule has 102 valence electrons. The maximum atomic E-state index is 11.9. The molecule has 0 aliphatic rings. The van der Waals surface area contributed by atoms with Gasteiger partial charge in [0.2, 0.25) is 10.0 Å². The maximum Gasteiger partial charge on any atom is 0.216 e. The highest BCUT2D eigenvalue weighted by Crippen LogP contribution is 2.17. The summed E-state index contributed by atoms with van der Waals surface area (Å²) in [6, 6.07) is 8.13. The molecule has 0 spiro atoms. The van der Waals surface area contributed by atoms with E-state index in [4.69, 9.17) is 0 Å². The molecule has 0 aliphatic heterocycles. The summed E-state index contributed by atoms with van der Waals surface area (Å²) in [7, 11) is -1.54. The van der Waals surface area contributed by atoms with Crippen molar-refractivity contribution < 1.29 is 8.42 Å². The molecule has 0 bridgehead atoms. The summed E-state index contributed by atoms with van der Waals surface area (Å²) in [5.74, 6) is 0.496. The minimum Gasteiger partial charge on any atom is -0.212 e. The van der Waals surface area contributed by atoms with Gasteiger partial charge in [-0.25, -0.2) is 12.7 Å². The Kier molecular flexibility index (Phi) is 4.93. The first-order valence-electron chi connectivity index (χ1n) is 6.29. The van der Waals surface area contributed by atoms with Crippen LogP contribution < -0.4 is 0 Å². The first-order chi connectivity index (χ1) is 8.25. The van der Waals surface area contributed by atoms with Gasteiger partial charge in [0.05, 0.1) is 5.25 Å². The smallest absolute Gasteiger partial charge is 0.212 e. The van der Waals surface area contributed by atoms with Crippen molar-refractivity contribution in [2.75, 3.05) is 7.05 Å². The Balaban J connectivity index is 2.80. The molecule has 1 aromatic rings. The molecule has 0 saturated carbocycles. The summed E-state index contributed by atoms with van der Waals surface area (Å²) < 4.78 is 25.3. The molecule has 18 heavy (non-hydrogen) atoms. The van der Waals surface area contributed by atoms with Crippen LogP contribution in [0.15, 0.2) is 24.3 Å². The predicted molar refractivity (Wildman–Crippen MR) is 76.1 cm³/mol. The summed E-state index contributed by atoms with van der Waals surface area (Å²) in [6.45, 7) is 8.12. The third-order valence-corrected chi connectivity index (χ3v) is 5.27. The summed E-state index contributed by atoms with van der Waals surface area (Å²) >= 11 is 0. The Morgan fingerprint density at radius 1 is 1.06 bits per heavy atom. The second-order valence-electron chi connectivity index (χ2n) is 5.25. The Hall–Kier alpha value is -0.870. The standard InChI is InChI=1S/C14H23NO2S/c1-11(2)14-8-6-13(7-9-14)10-15(5)18(16,17)12(3)4/h6-9,11-12H,10H2,1-5H3. The van der Waals surface area contributed by atoms with E-state index in [9.17, 15) is 8.42 Å². The molecular weight excluding hydrogens is 246 g/mol. The van der Waals surface area contributed by atoms with Gasteiger partial charge in [0.1, 0.15) is 0 Å². The zero-order valence-corrected chi connectivity index (χ0v) is 12.7. The van der Waals surface area contributed by atoms with Gasteiger partial charge in [-0.1, -0.05) is 38.1 Å². The molecule has 1 aromatic carbocycles. The van der Waals surface area contributed by atoms with Crippen LogP contribution in [-0.2, 0) is 16.6 Å². The molecule has 0 atom stereocenters. The van der Waals surface area contributed by atoms with Crippen LogP contribution in [0.3, 0.4) is 0 Å². The van der Waals surface area contributed by atoms with Crippen molar-refractivity contribution >= 4 is 10.0 Å². The molecule has 3 nitrogen and oxygen atoms in total. The zero-order valence-electron chi connectivity index (χ0n) is 11.8. The van der Waals surface area contributed by atoms with Gasteiger partial charge >= 0.3 is 0 Å². The van der Waals surface area contributed by atoms with Crippen molar-refractivity contribution in [2.45, 2.75) is 45.4 Å². The van der Waals surface area contributed by atoms with Crippen LogP contribution in [0, 0.1) is 0 Å². The lowest BCUT2D eigenvalue weighted by Crippen LogP contribution is -2.32. The normalized spacial score (nSPS) is 12.7. The summed E-state index contributed by atoms with van der Waals surface area (Å²) in [4.78, 5) is 0. The van der Waals surface area contributed by atoms with Gasteiger partial charge in [0, 0.05) is 13.6 Å². The molecular formula is C14H23NO2S. The first-order valence-corrected chi connectivity index (χ1v) is 7.79. The lowest BCUT2D eigenvalue weighted by Gasteiger charge is -2.20. The highest BCUT2D eigenvalue weighted by Gasteiger charge is 2.21. The number of benzene rings is 1. The number of rotatable bonds is 5. The lowest BCUT2D eigenvalue weighted by molar-refractivity contribution is 0.459. The summed E-state index contributed by atoms with van der Waals surface area (Å²) in [5, 5.41) is -0.377. The maximum absolute atomic E-state index is 11.9. The summed E-state index contributed by atoms with van der Waals surface area (Å²) in [6.07, 6.45) is 0. The average Bonchev–Trinajstić information content (AvgIpc) is 2.29. The molecule has 0 aliphatic carbocycles. The first kappa shape index (κ1) is 15.2. The second-order valence-corrected chi connectivity index (χ2v) is 7.84. The van der Waals surface area contributed by atoms with Crippen LogP contribution >= 0.6 is 0 Å². The van der Waals surface area contributed by atoms with Gasteiger partial charge in [0.25, 0.3) is 0 Å². The highest BCUT2D eigenvalue weighted by molar-refractivity contribution is 7.89. The Morgan fingerprint density at radius 3 is 1.94 bits per heavy atom. The van der Waals surface area contributed by atoms with Gasteiger partial charge in [-0.15, -0.1) is 0 Å². The zero-order chi connectivity index (χ0) is 13.9. The van der Waals surface area contributed by atoms with E-state index in [2.05, 4.69) is 26.0 Å². The van der Waals surface area contributed by atoms with Crippen LogP contribution in [0.25, 0.3) is 0 Å². The Labute approximate surface area is 111 Å². The van der Waals surface area contributed by atoms with Crippen molar-refractivity contribution in [3.8, 4) is 0 Å². The molecule has 0 saturated heterocycles. The van der Waals surface area contributed by atoms with Gasteiger partial charge < -0.3 is 0 Å². The van der Waals surface area contributed by atoms with E-state index >= 15 is 0 Å². The topological polar surface area (TPSA) is 37.4 Å². The van der Waals surface area contributed by atoms with E-state index in [0.29, 0.717) is 12.5 Å². The number of hydrogen-bond acceptors (Lipinski definition) is 2. The highest BCUT2D eigenvalue weighted by atomic mass is 32.2. The molecule has 0 unspecified atom stereocenters. The lowest BCUT2D eigenvalue weighted by atomic mass is 10.0. The van der Waals surface area contributed by atoms with Gasteiger partial charge in [-0.05, 0) is 30.9 Å².